The van der Waals surface area contributed by atoms with Gasteiger partial charge in [-0.2, -0.15) is 0 Å². The van der Waals surface area contributed by atoms with Gasteiger partial charge in [0.1, 0.15) is 0 Å². The van der Waals surface area contributed by atoms with Crippen LogP contribution in [0.3, 0.4) is 0 Å². The van der Waals surface area contributed by atoms with Crippen molar-refractivity contribution in [3.05, 3.63) is 70.7 Å². The van der Waals surface area contributed by atoms with Crippen molar-refractivity contribution in [3.63, 3.8) is 0 Å². The lowest BCUT2D eigenvalue weighted by molar-refractivity contribution is 0.0771. The van der Waals surface area contributed by atoms with E-state index in [4.69, 9.17) is 11.6 Å². The molecule has 0 amide bonds. The summed E-state index contributed by atoms with van der Waals surface area (Å²) in [4.78, 5) is 15.0. The van der Waals surface area contributed by atoms with E-state index in [1.807, 2.05) is 19.1 Å². The van der Waals surface area contributed by atoms with Gasteiger partial charge >= 0.3 is 0 Å². The van der Waals surface area contributed by atoms with E-state index in [2.05, 4.69) is 35.2 Å². The van der Waals surface area contributed by atoms with Gasteiger partial charge < -0.3 is 0 Å². The Morgan fingerprint density at radius 2 is 1.83 bits per heavy atom. The van der Waals surface area contributed by atoms with Gasteiger partial charge in [0.05, 0.1) is 6.04 Å². The number of halogens is 1. The zero-order chi connectivity index (χ0) is 16.9. The third-order valence-corrected chi connectivity index (χ3v) is 5.29. The van der Waals surface area contributed by atoms with Crippen LogP contribution in [0.5, 0.6) is 0 Å². The third kappa shape index (κ3) is 4.25. The van der Waals surface area contributed by atoms with E-state index in [-0.39, 0.29) is 11.8 Å². The van der Waals surface area contributed by atoms with Gasteiger partial charge in [-0.3, -0.25) is 9.69 Å². The highest BCUT2D eigenvalue weighted by molar-refractivity contribution is 6.31. The summed E-state index contributed by atoms with van der Waals surface area (Å²) in [5, 5.41) is 0.620. The van der Waals surface area contributed by atoms with Gasteiger partial charge in [0, 0.05) is 10.6 Å². The van der Waals surface area contributed by atoms with E-state index in [1.54, 1.807) is 12.1 Å². The topological polar surface area (TPSA) is 20.3 Å². The van der Waals surface area contributed by atoms with E-state index in [0.717, 1.165) is 38.3 Å². The first-order chi connectivity index (χ1) is 11.6. The minimum Gasteiger partial charge on any atom is -0.293 e. The molecular formula is C21H24ClNO. The maximum Gasteiger partial charge on any atom is 0.179 e. The largest absolute Gasteiger partial charge is 0.293 e. The number of rotatable bonds is 5. The molecule has 2 aromatic rings. The number of Topliss-reactive ketones (excluding diaryl/α,β-unsaturated/α-hetero) is 1. The van der Waals surface area contributed by atoms with Gasteiger partial charge in [-0.05, 0) is 62.9 Å². The van der Waals surface area contributed by atoms with Crippen molar-refractivity contribution in [2.24, 2.45) is 5.92 Å². The van der Waals surface area contributed by atoms with E-state index < -0.39 is 0 Å². The molecule has 0 aliphatic carbocycles. The van der Waals surface area contributed by atoms with Crippen molar-refractivity contribution >= 4 is 17.4 Å². The molecule has 0 bridgehead atoms. The van der Waals surface area contributed by atoms with E-state index in [1.165, 1.54) is 5.56 Å². The van der Waals surface area contributed by atoms with Crippen LogP contribution in [0.1, 0.15) is 35.7 Å². The highest BCUT2D eigenvalue weighted by Gasteiger charge is 2.27. The Balaban J connectivity index is 1.55. The summed E-state index contributed by atoms with van der Waals surface area (Å²) in [5.41, 5.74) is 2.13. The summed E-state index contributed by atoms with van der Waals surface area (Å²) in [6.45, 7) is 4.00. The molecule has 0 radical (unpaired) electrons. The molecule has 1 atom stereocenters. The number of carbonyl (C=O) groups is 1. The first-order valence-corrected chi connectivity index (χ1v) is 9.09. The van der Waals surface area contributed by atoms with Crippen LogP contribution in [0.15, 0.2) is 54.6 Å². The standard InChI is InChI=1S/C21H24ClNO/c1-16(21(24)19-8-5-9-20(22)15-19)23-12-10-18(11-13-23)14-17-6-3-2-4-7-17/h2-9,15-16,18H,10-14H2,1H3. The van der Waals surface area contributed by atoms with Crippen molar-refractivity contribution in [2.45, 2.75) is 32.2 Å². The number of nitrogens with zero attached hydrogens (tertiary/aromatic N) is 1. The Hall–Kier alpha value is -1.64. The lowest BCUT2D eigenvalue weighted by Crippen LogP contribution is -2.44. The van der Waals surface area contributed by atoms with Crippen LogP contribution in [0.4, 0.5) is 0 Å². The number of hydrogen-bond donors (Lipinski definition) is 0. The van der Waals surface area contributed by atoms with Crippen LogP contribution in [-0.2, 0) is 6.42 Å². The zero-order valence-corrected chi connectivity index (χ0v) is 14.9. The van der Waals surface area contributed by atoms with Gasteiger partial charge in [-0.25, -0.2) is 0 Å². The second-order valence-electron chi connectivity index (χ2n) is 6.72. The van der Waals surface area contributed by atoms with Crippen molar-refractivity contribution < 1.29 is 4.79 Å². The van der Waals surface area contributed by atoms with Crippen LogP contribution < -0.4 is 0 Å². The van der Waals surface area contributed by atoms with E-state index in [9.17, 15) is 4.79 Å². The normalized spacial score (nSPS) is 17.6. The molecule has 0 aromatic heterocycles. The Kier molecular flexibility index (Phi) is 5.70. The van der Waals surface area contributed by atoms with Crippen molar-refractivity contribution in [1.29, 1.82) is 0 Å². The highest BCUT2D eigenvalue weighted by atomic mass is 35.5. The molecule has 2 aromatic carbocycles. The number of hydrogen-bond acceptors (Lipinski definition) is 2. The summed E-state index contributed by atoms with van der Waals surface area (Å²) in [7, 11) is 0. The fourth-order valence-corrected chi connectivity index (χ4v) is 3.73. The minimum atomic E-state index is -0.0823. The van der Waals surface area contributed by atoms with Crippen molar-refractivity contribution in [2.75, 3.05) is 13.1 Å². The SMILES string of the molecule is CC(C(=O)c1cccc(Cl)c1)N1CCC(Cc2ccccc2)CC1. The average Bonchev–Trinajstić information content (AvgIpc) is 2.62. The van der Waals surface area contributed by atoms with Gasteiger partial charge in [0.2, 0.25) is 0 Å². The van der Waals surface area contributed by atoms with Crippen LogP contribution in [0.2, 0.25) is 5.02 Å². The van der Waals surface area contributed by atoms with E-state index in [0.29, 0.717) is 10.6 Å². The highest BCUT2D eigenvalue weighted by Crippen LogP contribution is 2.24. The molecule has 3 heteroatoms. The summed E-state index contributed by atoms with van der Waals surface area (Å²) in [6, 6.07) is 17.9. The summed E-state index contributed by atoms with van der Waals surface area (Å²) in [6.07, 6.45) is 3.45. The summed E-state index contributed by atoms with van der Waals surface area (Å²) in [5.74, 6) is 0.885. The molecule has 1 heterocycles. The van der Waals surface area contributed by atoms with Crippen LogP contribution in [0, 0.1) is 5.92 Å². The number of likely N-dealkylation sites (tertiary alicyclic amines) is 1. The number of carbonyl (C=O) groups excluding carboxylic acids is 1. The predicted octanol–water partition coefficient (Wildman–Crippen LogP) is 4.87. The molecule has 0 N–H and O–H groups in total. The molecule has 1 unspecified atom stereocenters. The van der Waals surface area contributed by atoms with Gasteiger partial charge in [0.15, 0.2) is 5.78 Å². The molecule has 1 aliphatic rings. The molecule has 3 rings (SSSR count). The van der Waals surface area contributed by atoms with Crippen LogP contribution in [-0.4, -0.2) is 29.8 Å². The molecule has 1 aliphatic heterocycles. The first kappa shape index (κ1) is 17.2. The van der Waals surface area contributed by atoms with Gasteiger partial charge in [-0.1, -0.05) is 54.1 Å². The van der Waals surface area contributed by atoms with Gasteiger partial charge in [0.25, 0.3) is 0 Å². The lowest BCUT2D eigenvalue weighted by Gasteiger charge is -2.35. The molecule has 126 valence electrons. The van der Waals surface area contributed by atoms with Crippen LogP contribution in [0.25, 0.3) is 0 Å². The Morgan fingerprint density at radius 1 is 1.12 bits per heavy atom. The molecule has 1 fully saturated rings. The molecule has 2 nitrogen and oxygen atoms in total. The number of benzene rings is 2. The van der Waals surface area contributed by atoms with Gasteiger partial charge in [-0.15, -0.1) is 0 Å². The molecule has 0 spiro atoms. The molecular weight excluding hydrogens is 318 g/mol. The lowest BCUT2D eigenvalue weighted by atomic mass is 9.89. The van der Waals surface area contributed by atoms with Crippen LogP contribution >= 0.6 is 11.6 Å². The molecule has 1 saturated heterocycles. The maximum atomic E-state index is 12.7. The minimum absolute atomic E-state index is 0.0823. The summed E-state index contributed by atoms with van der Waals surface area (Å²) < 4.78 is 0. The number of piperidine rings is 1. The van der Waals surface area contributed by atoms with E-state index >= 15 is 0 Å². The molecule has 24 heavy (non-hydrogen) atoms. The third-order valence-electron chi connectivity index (χ3n) is 5.05. The average molecular weight is 342 g/mol. The fraction of sp³-hybridized carbons (Fsp3) is 0.381. The monoisotopic (exact) mass is 341 g/mol. The summed E-state index contributed by atoms with van der Waals surface area (Å²) >= 11 is 6.01. The zero-order valence-electron chi connectivity index (χ0n) is 14.1. The van der Waals surface area contributed by atoms with Crippen molar-refractivity contribution in [3.8, 4) is 0 Å². The first-order valence-electron chi connectivity index (χ1n) is 8.71. The predicted molar refractivity (Wildman–Crippen MR) is 99.7 cm³/mol. The fourth-order valence-electron chi connectivity index (χ4n) is 3.54. The maximum absolute atomic E-state index is 12.7. The molecule has 0 saturated carbocycles. The smallest absolute Gasteiger partial charge is 0.179 e. The Bertz CT molecular complexity index is 677. The van der Waals surface area contributed by atoms with Crippen molar-refractivity contribution in [1.82, 2.24) is 4.90 Å². The number of ketones is 1. The second-order valence-corrected chi connectivity index (χ2v) is 7.16. The Labute approximate surface area is 149 Å². The quantitative estimate of drug-likeness (QED) is 0.723. The second kappa shape index (κ2) is 7.96. The Morgan fingerprint density at radius 3 is 2.50 bits per heavy atom.